The Balaban J connectivity index is 3.05. The minimum atomic E-state index is -0.435. The molecule has 0 aliphatic heterocycles. The zero-order valence-corrected chi connectivity index (χ0v) is 11.1. The van der Waals surface area contributed by atoms with Crippen molar-refractivity contribution in [2.45, 2.75) is 25.9 Å². The molecule has 0 saturated carbocycles. The molecule has 1 unspecified atom stereocenters. The van der Waals surface area contributed by atoms with E-state index in [9.17, 15) is 5.11 Å². The SMILES string of the molecule is CCCNCC(O)COCCOCCCOC. The maximum Gasteiger partial charge on any atom is 0.0897 e. The molecule has 0 aromatic rings. The molecule has 0 fully saturated rings. The van der Waals surface area contributed by atoms with Crippen LogP contribution in [0.15, 0.2) is 0 Å². The minimum absolute atomic E-state index is 0.359. The monoisotopic (exact) mass is 249 g/mol. The van der Waals surface area contributed by atoms with Crippen molar-refractivity contribution in [3.05, 3.63) is 0 Å². The van der Waals surface area contributed by atoms with Crippen molar-refractivity contribution in [1.29, 1.82) is 0 Å². The fourth-order valence-corrected chi connectivity index (χ4v) is 1.25. The van der Waals surface area contributed by atoms with Crippen molar-refractivity contribution >= 4 is 0 Å². The summed E-state index contributed by atoms with van der Waals surface area (Å²) in [6, 6.07) is 0. The Kier molecular flexibility index (Phi) is 13.7. The average Bonchev–Trinajstić information content (AvgIpc) is 2.33. The first-order valence-corrected chi connectivity index (χ1v) is 6.34. The van der Waals surface area contributed by atoms with Gasteiger partial charge in [0.15, 0.2) is 0 Å². The maximum absolute atomic E-state index is 9.50. The molecule has 0 heterocycles. The van der Waals surface area contributed by atoms with E-state index in [1.807, 2.05) is 0 Å². The first-order chi connectivity index (χ1) is 8.31. The van der Waals surface area contributed by atoms with Gasteiger partial charge in [-0.05, 0) is 19.4 Å². The van der Waals surface area contributed by atoms with Gasteiger partial charge in [0.25, 0.3) is 0 Å². The summed E-state index contributed by atoms with van der Waals surface area (Å²) in [7, 11) is 1.68. The van der Waals surface area contributed by atoms with Crippen LogP contribution < -0.4 is 5.32 Å². The number of aliphatic hydroxyl groups is 1. The summed E-state index contributed by atoms with van der Waals surface area (Å²) in [4.78, 5) is 0. The largest absolute Gasteiger partial charge is 0.389 e. The van der Waals surface area contributed by atoms with E-state index in [4.69, 9.17) is 14.2 Å². The highest BCUT2D eigenvalue weighted by atomic mass is 16.5. The fourth-order valence-electron chi connectivity index (χ4n) is 1.25. The molecule has 0 spiro atoms. The summed E-state index contributed by atoms with van der Waals surface area (Å²) >= 11 is 0. The van der Waals surface area contributed by atoms with E-state index in [2.05, 4.69) is 12.2 Å². The van der Waals surface area contributed by atoms with Crippen LogP contribution in [0.2, 0.25) is 0 Å². The Bertz CT molecular complexity index is 146. The van der Waals surface area contributed by atoms with E-state index in [0.717, 1.165) is 26.0 Å². The summed E-state index contributed by atoms with van der Waals surface area (Å²) in [5.41, 5.74) is 0. The van der Waals surface area contributed by atoms with E-state index < -0.39 is 6.10 Å². The average molecular weight is 249 g/mol. The van der Waals surface area contributed by atoms with Crippen molar-refractivity contribution in [1.82, 2.24) is 5.32 Å². The van der Waals surface area contributed by atoms with Crippen LogP contribution in [0.25, 0.3) is 0 Å². The summed E-state index contributed by atoms with van der Waals surface area (Å²) in [6.45, 7) is 6.48. The molecule has 5 nitrogen and oxygen atoms in total. The normalized spacial score (nSPS) is 12.9. The second-order valence-electron chi connectivity index (χ2n) is 3.89. The van der Waals surface area contributed by atoms with Gasteiger partial charge in [0.05, 0.1) is 25.9 Å². The van der Waals surface area contributed by atoms with Crippen LogP contribution in [-0.4, -0.2) is 64.4 Å². The lowest BCUT2D eigenvalue weighted by Crippen LogP contribution is -2.31. The van der Waals surface area contributed by atoms with Crippen molar-refractivity contribution in [2.24, 2.45) is 0 Å². The molecule has 0 bridgehead atoms. The number of hydrogen-bond acceptors (Lipinski definition) is 5. The van der Waals surface area contributed by atoms with Crippen LogP contribution in [0.5, 0.6) is 0 Å². The number of methoxy groups -OCH3 is 1. The van der Waals surface area contributed by atoms with E-state index in [1.165, 1.54) is 0 Å². The highest BCUT2D eigenvalue weighted by molar-refractivity contribution is 4.57. The Hall–Kier alpha value is -0.200. The predicted octanol–water partition coefficient (Wildman–Crippen LogP) is 0.417. The van der Waals surface area contributed by atoms with Crippen molar-refractivity contribution in [2.75, 3.05) is 53.2 Å². The third-order valence-corrected chi connectivity index (χ3v) is 2.13. The van der Waals surface area contributed by atoms with Gasteiger partial charge in [0, 0.05) is 26.9 Å². The van der Waals surface area contributed by atoms with Gasteiger partial charge in [-0.25, -0.2) is 0 Å². The summed E-state index contributed by atoms with van der Waals surface area (Å²) in [5.74, 6) is 0. The van der Waals surface area contributed by atoms with Crippen molar-refractivity contribution in [3.63, 3.8) is 0 Å². The molecule has 0 radical (unpaired) electrons. The van der Waals surface area contributed by atoms with Gasteiger partial charge in [-0.2, -0.15) is 0 Å². The highest BCUT2D eigenvalue weighted by Gasteiger charge is 2.02. The molecule has 2 N–H and O–H groups in total. The van der Waals surface area contributed by atoms with E-state index in [0.29, 0.717) is 33.0 Å². The Labute approximate surface area is 104 Å². The molecule has 0 amide bonds. The lowest BCUT2D eigenvalue weighted by atomic mass is 10.3. The van der Waals surface area contributed by atoms with E-state index in [-0.39, 0.29) is 0 Å². The standard InChI is InChI=1S/C12H27NO4/c1-3-5-13-10-12(14)11-17-9-8-16-7-4-6-15-2/h12-14H,3-11H2,1-2H3. The van der Waals surface area contributed by atoms with Crippen LogP contribution in [0.3, 0.4) is 0 Å². The molecule has 0 saturated heterocycles. The third kappa shape index (κ3) is 13.7. The summed E-state index contributed by atoms with van der Waals surface area (Å²) < 4.78 is 15.5. The summed E-state index contributed by atoms with van der Waals surface area (Å²) in [5, 5.41) is 12.6. The molecule has 0 aliphatic rings. The molecule has 0 rings (SSSR count). The molecule has 1 atom stereocenters. The molecule has 104 valence electrons. The maximum atomic E-state index is 9.50. The zero-order chi connectivity index (χ0) is 12.8. The van der Waals surface area contributed by atoms with Gasteiger partial charge >= 0.3 is 0 Å². The Morgan fingerprint density at radius 3 is 2.59 bits per heavy atom. The number of rotatable bonds is 13. The fraction of sp³-hybridized carbons (Fsp3) is 1.00. The second-order valence-corrected chi connectivity index (χ2v) is 3.89. The van der Waals surface area contributed by atoms with Gasteiger partial charge in [-0.1, -0.05) is 6.92 Å². The van der Waals surface area contributed by atoms with Gasteiger partial charge < -0.3 is 24.6 Å². The smallest absolute Gasteiger partial charge is 0.0897 e. The minimum Gasteiger partial charge on any atom is -0.389 e. The second kappa shape index (κ2) is 13.9. The topological polar surface area (TPSA) is 60.0 Å². The predicted molar refractivity (Wildman–Crippen MR) is 67.3 cm³/mol. The zero-order valence-electron chi connectivity index (χ0n) is 11.1. The number of aliphatic hydroxyl groups excluding tert-OH is 1. The molecule has 5 heteroatoms. The molecular weight excluding hydrogens is 222 g/mol. The van der Waals surface area contributed by atoms with Crippen molar-refractivity contribution < 1.29 is 19.3 Å². The number of hydrogen-bond donors (Lipinski definition) is 2. The highest BCUT2D eigenvalue weighted by Crippen LogP contribution is 1.87. The molecule has 0 aliphatic carbocycles. The first kappa shape index (κ1) is 16.8. The van der Waals surface area contributed by atoms with Gasteiger partial charge in [0.2, 0.25) is 0 Å². The number of nitrogens with one attached hydrogen (secondary N) is 1. The third-order valence-electron chi connectivity index (χ3n) is 2.13. The van der Waals surface area contributed by atoms with Crippen LogP contribution >= 0.6 is 0 Å². The molecular formula is C12H27NO4. The molecule has 17 heavy (non-hydrogen) atoms. The lowest BCUT2D eigenvalue weighted by Gasteiger charge is -2.12. The molecule has 0 aromatic carbocycles. The van der Waals surface area contributed by atoms with Crippen LogP contribution in [0.1, 0.15) is 19.8 Å². The van der Waals surface area contributed by atoms with Crippen LogP contribution in [0.4, 0.5) is 0 Å². The van der Waals surface area contributed by atoms with Crippen molar-refractivity contribution in [3.8, 4) is 0 Å². The molecule has 0 aromatic heterocycles. The number of ether oxygens (including phenoxy) is 3. The summed E-state index contributed by atoms with van der Waals surface area (Å²) in [6.07, 6.45) is 1.54. The van der Waals surface area contributed by atoms with Crippen LogP contribution in [-0.2, 0) is 14.2 Å². The van der Waals surface area contributed by atoms with Gasteiger partial charge in [-0.3, -0.25) is 0 Å². The van der Waals surface area contributed by atoms with Gasteiger partial charge in [-0.15, -0.1) is 0 Å². The Morgan fingerprint density at radius 1 is 1.12 bits per heavy atom. The lowest BCUT2D eigenvalue weighted by molar-refractivity contribution is 0.00171. The first-order valence-electron chi connectivity index (χ1n) is 6.34. The quantitative estimate of drug-likeness (QED) is 0.463. The van der Waals surface area contributed by atoms with Crippen LogP contribution in [0, 0.1) is 0 Å². The van der Waals surface area contributed by atoms with E-state index >= 15 is 0 Å². The van der Waals surface area contributed by atoms with Gasteiger partial charge in [0.1, 0.15) is 0 Å². The Morgan fingerprint density at radius 2 is 1.88 bits per heavy atom. The van der Waals surface area contributed by atoms with E-state index in [1.54, 1.807) is 7.11 Å².